The summed E-state index contributed by atoms with van der Waals surface area (Å²) in [5, 5.41) is 2.28. The summed E-state index contributed by atoms with van der Waals surface area (Å²) in [6, 6.07) is 41.4. The van der Waals surface area contributed by atoms with E-state index in [1.165, 1.54) is 27.8 Å². The molecule has 0 fully saturated rings. The lowest BCUT2D eigenvalue weighted by atomic mass is 9.81. The van der Waals surface area contributed by atoms with Gasteiger partial charge in [-0.2, -0.15) is 0 Å². The Morgan fingerprint density at radius 1 is 0.500 bits per heavy atom. The molecule has 8 rings (SSSR count). The maximum absolute atomic E-state index is 6.76. The summed E-state index contributed by atoms with van der Waals surface area (Å²) in [7, 11) is 0. The van der Waals surface area contributed by atoms with E-state index in [9.17, 15) is 0 Å². The molecule has 0 radical (unpaired) electrons. The third kappa shape index (κ3) is 3.32. The molecule has 2 heterocycles. The molecule has 1 aliphatic rings. The molecule has 0 saturated carbocycles. The number of para-hydroxylation sites is 2. The lowest BCUT2D eigenvalue weighted by Crippen LogP contribution is -2.14. The molecule has 1 aliphatic carbocycles. The average molecular weight is 514 g/mol. The minimum Gasteiger partial charge on any atom is -0.455 e. The van der Waals surface area contributed by atoms with E-state index in [0.29, 0.717) is 0 Å². The number of nitrogens with zero attached hydrogens (tertiary/aromatic N) is 1. The summed E-state index contributed by atoms with van der Waals surface area (Å²) in [5.74, 6) is 0. The predicted molar refractivity (Wildman–Crippen MR) is 165 cm³/mol. The van der Waals surface area contributed by atoms with Gasteiger partial charge in [-0.05, 0) is 56.6 Å². The van der Waals surface area contributed by atoms with Gasteiger partial charge in [0.25, 0.3) is 0 Å². The Morgan fingerprint density at radius 3 is 1.85 bits per heavy atom. The van der Waals surface area contributed by atoms with Gasteiger partial charge >= 0.3 is 0 Å². The fourth-order valence-corrected chi connectivity index (χ4v) is 6.52. The van der Waals surface area contributed by atoms with E-state index in [-0.39, 0.29) is 5.41 Å². The van der Waals surface area contributed by atoms with Gasteiger partial charge in [-0.3, -0.25) is 4.98 Å². The van der Waals surface area contributed by atoms with E-state index in [1.54, 1.807) is 6.20 Å². The summed E-state index contributed by atoms with van der Waals surface area (Å²) in [6.45, 7) is 4.66. The number of rotatable bonds is 3. The normalized spacial score (nSPS) is 13.4. The maximum atomic E-state index is 6.76. The molecule has 0 saturated heterocycles. The lowest BCUT2D eigenvalue weighted by Gasteiger charge is -2.22. The van der Waals surface area contributed by atoms with Crippen LogP contribution < -0.4 is 0 Å². The van der Waals surface area contributed by atoms with Crippen LogP contribution >= 0.6 is 0 Å². The third-order valence-electron chi connectivity index (χ3n) is 8.61. The molecule has 0 atom stereocenters. The summed E-state index contributed by atoms with van der Waals surface area (Å²) in [6.07, 6.45) is 3.70. The number of hydrogen-bond donors (Lipinski definition) is 0. The van der Waals surface area contributed by atoms with Crippen molar-refractivity contribution in [3.63, 3.8) is 0 Å². The molecule has 0 bridgehead atoms. The highest BCUT2D eigenvalue weighted by Gasteiger charge is 2.35. The second-order valence-corrected chi connectivity index (χ2v) is 11.2. The van der Waals surface area contributed by atoms with Crippen molar-refractivity contribution in [1.82, 2.24) is 4.98 Å². The van der Waals surface area contributed by atoms with E-state index in [2.05, 4.69) is 128 Å². The zero-order valence-corrected chi connectivity index (χ0v) is 22.5. The summed E-state index contributed by atoms with van der Waals surface area (Å²) < 4.78 is 6.76. The predicted octanol–water partition coefficient (Wildman–Crippen LogP) is 10.3. The van der Waals surface area contributed by atoms with Crippen LogP contribution in [-0.2, 0) is 5.41 Å². The van der Waals surface area contributed by atoms with Gasteiger partial charge in [0, 0.05) is 39.7 Å². The largest absolute Gasteiger partial charge is 0.455 e. The Balaban J connectivity index is 1.26. The van der Waals surface area contributed by atoms with Crippen LogP contribution in [0.25, 0.3) is 66.4 Å². The SMILES string of the molecule is CC1(C)c2ccccc2-c2ccc(-c3cccc4c3oc3c(-c5ccc(-c6cccnc6)cc5)cccc34)cc21. The van der Waals surface area contributed by atoms with E-state index < -0.39 is 0 Å². The van der Waals surface area contributed by atoms with Crippen molar-refractivity contribution in [2.24, 2.45) is 0 Å². The van der Waals surface area contributed by atoms with Crippen molar-refractivity contribution in [3.8, 4) is 44.5 Å². The van der Waals surface area contributed by atoms with Crippen molar-refractivity contribution in [3.05, 3.63) is 139 Å². The maximum Gasteiger partial charge on any atom is 0.143 e. The Morgan fingerprint density at radius 2 is 1.12 bits per heavy atom. The molecular formula is C38H27NO. The average Bonchev–Trinajstić information content (AvgIpc) is 3.50. The Bertz CT molecular complexity index is 2060. The van der Waals surface area contributed by atoms with Crippen LogP contribution in [0, 0.1) is 0 Å². The smallest absolute Gasteiger partial charge is 0.143 e. The van der Waals surface area contributed by atoms with Crippen molar-refractivity contribution in [1.29, 1.82) is 0 Å². The monoisotopic (exact) mass is 513 g/mol. The second-order valence-electron chi connectivity index (χ2n) is 11.2. The molecule has 40 heavy (non-hydrogen) atoms. The number of aromatic nitrogens is 1. The lowest BCUT2D eigenvalue weighted by molar-refractivity contribution is 0.660. The van der Waals surface area contributed by atoms with Gasteiger partial charge in [0.2, 0.25) is 0 Å². The molecule has 0 unspecified atom stereocenters. The van der Waals surface area contributed by atoms with E-state index in [4.69, 9.17) is 4.42 Å². The van der Waals surface area contributed by atoms with Gasteiger partial charge in [-0.25, -0.2) is 0 Å². The van der Waals surface area contributed by atoms with Gasteiger partial charge in [0.1, 0.15) is 11.2 Å². The third-order valence-corrected chi connectivity index (χ3v) is 8.61. The minimum atomic E-state index is -0.0428. The van der Waals surface area contributed by atoms with Gasteiger partial charge < -0.3 is 4.42 Å². The molecule has 190 valence electrons. The van der Waals surface area contributed by atoms with Crippen LogP contribution in [0.15, 0.2) is 132 Å². The first-order valence-corrected chi connectivity index (χ1v) is 13.8. The molecular weight excluding hydrogens is 486 g/mol. The number of hydrogen-bond acceptors (Lipinski definition) is 2. The van der Waals surface area contributed by atoms with Crippen molar-refractivity contribution in [2.75, 3.05) is 0 Å². The van der Waals surface area contributed by atoms with Gasteiger partial charge in [0.05, 0.1) is 0 Å². The van der Waals surface area contributed by atoms with Crippen LogP contribution in [0.5, 0.6) is 0 Å². The van der Waals surface area contributed by atoms with Gasteiger partial charge in [0.15, 0.2) is 0 Å². The molecule has 0 amide bonds. The summed E-state index contributed by atoms with van der Waals surface area (Å²) >= 11 is 0. The quantitative estimate of drug-likeness (QED) is 0.235. The molecule has 2 aromatic heterocycles. The highest BCUT2D eigenvalue weighted by molar-refractivity contribution is 6.13. The zero-order chi connectivity index (χ0) is 26.8. The van der Waals surface area contributed by atoms with Gasteiger partial charge in [-0.1, -0.05) is 117 Å². The first kappa shape index (κ1) is 23.0. The molecule has 0 spiro atoms. The van der Waals surface area contributed by atoms with Crippen LogP contribution in [0.2, 0.25) is 0 Å². The number of furan rings is 1. The van der Waals surface area contributed by atoms with Crippen molar-refractivity contribution in [2.45, 2.75) is 19.3 Å². The van der Waals surface area contributed by atoms with Crippen LogP contribution in [-0.4, -0.2) is 4.98 Å². The minimum absolute atomic E-state index is 0.0428. The molecule has 5 aromatic carbocycles. The first-order valence-electron chi connectivity index (χ1n) is 13.8. The van der Waals surface area contributed by atoms with Crippen LogP contribution in [0.4, 0.5) is 0 Å². The first-order chi connectivity index (χ1) is 19.6. The molecule has 2 nitrogen and oxygen atoms in total. The number of pyridine rings is 1. The van der Waals surface area contributed by atoms with Gasteiger partial charge in [-0.15, -0.1) is 0 Å². The molecule has 0 aliphatic heterocycles. The Labute approximate surface area is 233 Å². The van der Waals surface area contributed by atoms with Crippen molar-refractivity contribution >= 4 is 21.9 Å². The Hall–Kier alpha value is -4.95. The molecule has 7 aromatic rings. The molecule has 0 N–H and O–H groups in total. The molecule has 2 heteroatoms. The zero-order valence-electron chi connectivity index (χ0n) is 22.5. The fourth-order valence-electron chi connectivity index (χ4n) is 6.52. The van der Waals surface area contributed by atoms with E-state index in [1.807, 2.05) is 12.3 Å². The van der Waals surface area contributed by atoms with Crippen LogP contribution in [0.1, 0.15) is 25.0 Å². The summed E-state index contributed by atoms with van der Waals surface area (Å²) in [4.78, 5) is 4.26. The number of benzene rings is 5. The standard InChI is InChI=1S/C38H27NO/c1-38(2)34-14-4-3-9-30(34)31-20-19-26(22-35(31)38)29-11-6-13-33-32-12-5-10-28(36(32)40-37(29)33)25-17-15-24(16-18-25)27-8-7-21-39-23-27/h3-23H,1-2H3. The Kier molecular flexibility index (Phi) is 4.90. The second kappa shape index (κ2) is 8.53. The highest BCUT2D eigenvalue weighted by atomic mass is 16.3. The summed E-state index contributed by atoms with van der Waals surface area (Å²) in [5.41, 5.74) is 14.1. The van der Waals surface area contributed by atoms with E-state index >= 15 is 0 Å². The van der Waals surface area contributed by atoms with E-state index in [0.717, 1.165) is 49.8 Å². The number of fused-ring (bicyclic) bond motifs is 6. The topological polar surface area (TPSA) is 26.0 Å². The van der Waals surface area contributed by atoms with Crippen molar-refractivity contribution < 1.29 is 4.42 Å². The highest BCUT2D eigenvalue weighted by Crippen LogP contribution is 2.50. The van der Waals surface area contributed by atoms with Crippen LogP contribution in [0.3, 0.4) is 0 Å². The fraction of sp³-hybridized carbons (Fsp3) is 0.0789.